The zero-order chi connectivity index (χ0) is 33.9. The maximum absolute atomic E-state index is 11.8. The molecule has 3 rings (SSSR count). The van der Waals surface area contributed by atoms with Gasteiger partial charge in [0.05, 0.1) is 9.83 Å². The molecule has 0 saturated heterocycles. The van der Waals surface area contributed by atoms with E-state index in [0.29, 0.717) is 6.42 Å². The normalized spacial score (nSPS) is 13.8. The predicted octanol–water partition coefficient (Wildman–Crippen LogP) is 8.77. The molecule has 0 aliphatic carbocycles. The molecule has 0 aliphatic heterocycles. The molecule has 3 atom stereocenters. The van der Waals surface area contributed by atoms with Crippen LogP contribution in [0.15, 0.2) is 82.1 Å². The molecule has 0 saturated carbocycles. The molecule has 3 heterocycles. The van der Waals surface area contributed by atoms with Gasteiger partial charge in [0, 0.05) is 58.4 Å². The van der Waals surface area contributed by atoms with Crippen molar-refractivity contribution < 1.29 is 4.79 Å². The highest BCUT2D eigenvalue weighted by Gasteiger charge is 2.27. The van der Waals surface area contributed by atoms with E-state index in [1.165, 1.54) is 9.75 Å². The molecular weight excluding hydrogens is 648 g/mol. The lowest BCUT2D eigenvalue weighted by Crippen LogP contribution is -2.40. The Kier molecular flexibility index (Phi) is 16.1. The Labute approximate surface area is 283 Å². The largest absolute Gasteiger partial charge is 0.324 e. The van der Waals surface area contributed by atoms with Gasteiger partial charge in [0.15, 0.2) is 5.78 Å². The van der Waals surface area contributed by atoms with E-state index in [1.807, 2.05) is 39.0 Å². The first kappa shape index (κ1) is 40.1. The summed E-state index contributed by atoms with van der Waals surface area (Å²) in [7, 11) is 0. The Morgan fingerprint density at radius 3 is 1.68 bits per heavy atom. The van der Waals surface area contributed by atoms with Gasteiger partial charge in [0.2, 0.25) is 0 Å². The van der Waals surface area contributed by atoms with Crippen molar-refractivity contribution >= 4 is 44.4 Å². The lowest BCUT2D eigenvalue weighted by atomic mass is 9.82. The van der Waals surface area contributed by atoms with Crippen LogP contribution in [0.3, 0.4) is 0 Å². The molecule has 3 aromatic rings. The number of nitrogens with two attached hydrogens (primary N) is 3. The van der Waals surface area contributed by atoms with Crippen LogP contribution in [0.5, 0.6) is 0 Å². The van der Waals surface area contributed by atoms with E-state index in [-0.39, 0.29) is 34.1 Å². The van der Waals surface area contributed by atoms with E-state index in [9.17, 15) is 4.79 Å². The Bertz CT molecular complexity index is 1300. The van der Waals surface area contributed by atoms with Gasteiger partial charge in [-0.15, -0.1) is 22.7 Å². The van der Waals surface area contributed by atoms with Gasteiger partial charge < -0.3 is 17.2 Å². The second-order valence-corrected chi connectivity index (χ2v) is 17.8. The van der Waals surface area contributed by atoms with Crippen molar-refractivity contribution in [1.29, 1.82) is 0 Å². The van der Waals surface area contributed by atoms with Crippen molar-refractivity contribution in [1.82, 2.24) is 4.98 Å². The van der Waals surface area contributed by atoms with Crippen LogP contribution in [0.2, 0.25) is 0 Å². The summed E-state index contributed by atoms with van der Waals surface area (Å²) < 4.78 is 1.16. The number of thiophene rings is 2. The molecule has 0 spiro atoms. The van der Waals surface area contributed by atoms with Gasteiger partial charge in [0.25, 0.3) is 0 Å². The summed E-state index contributed by atoms with van der Waals surface area (Å²) in [5.74, 6) is 0.0770. The summed E-state index contributed by atoms with van der Waals surface area (Å²) in [6.07, 6.45) is 4.01. The molecule has 244 valence electrons. The van der Waals surface area contributed by atoms with E-state index < -0.39 is 6.04 Å². The Hall–Kier alpha value is -1.94. The summed E-state index contributed by atoms with van der Waals surface area (Å²) in [4.78, 5) is 18.6. The van der Waals surface area contributed by atoms with Crippen LogP contribution in [0.4, 0.5) is 0 Å². The average Bonchev–Trinajstić information content (AvgIpc) is 3.58. The molecule has 44 heavy (non-hydrogen) atoms. The summed E-state index contributed by atoms with van der Waals surface area (Å²) in [6.45, 7) is 26.8. The molecule has 0 aliphatic rings. The lowest BCUT2D eigenvalue weighted by molar-refractivity contribution is -0.127. The van der Waals surface area contributed by atoms with E-state index in [1.54, 1.807) is 28.9 Å². The molecule has 6 N–H and O–H groups in total. The second-order valence-electron chi connectivity index (χ2n) is 14.2. The number of carbonyl (C=O) groups is 1. The molecule has 5 nitrogen and oxygen atoms in total. The van der Waals surface area contributed by atoms with Gasteiger partial charge in [-0.25, -0.2) is 0 Å². The van der Waals surface area contributed by atoms with E-state index >= 15 is 0 Å². The minimum absolute atomic E-state index is 0.0514. The van der Waals surface area contributed by atoms with Crippen LogP contribution in [-0.2, 0) is 24.1 Å². The van der Waals surface area contributed by atoms with Crippen molar-refractivity contribution in [3.8, 4) is 0 Å². The summed E-state index contributed by atoms with van der Waals surface area (Å²) >= 11 is 6.95. The SMILES string of the molecule is C=C([C@H](N)Cc1ccc(Br)s1)C(C)(C)C.C=C([C@H](N)Cc1cccs1)C(C)(C)C.CC(C)(C)C(=O)[C@H](N)Cc1ccccn1. The third-order valence-electron chi connectivity index (χ3n) is 7.10. The molecule has 0 radical (unpaired) electrons. The molecule has 3 aromatic heterocycles. The number of halogens is 1. The number of carbonyl (C=O) groups excluding carboxylic acids is 1. The highest BCUT2D eigenvalue weighted by atomic mass is 79.9. The number of rotatable bonds is 9. The van der Waals surface area contributed by atoms with Crippen molar-refractivity contribution in [3.63, 3.8) is 0 Å². The summed E-state index contributed by atoms with van der Waals surface area (Å²) in [5.41, 5.74) is 21.0. The van der Waals surface area contributed by atoms with Gasteiger partial charge in [-0.2, -0.15) is 0 Å². The molecule has 0 unspecified atom stereocenters. The fourth-order valence-corrected chi connectivity index (χ4v) is 6.38. The van der Waals surface area contributed by atoms with Crippen molar-refractivity contribution in [3.05, 3.63) is 97.6 Å². The Morgan fingerprint density at radius 1 is 0.750 bits per heavy atom. The summed E-state index contributed by atoms with van der Waals surface area (Å²) in [6, 6.07) is 13.7. The van der Waals surface area contributed by atoms with E-state index in [0.717, 1.165) is 33.5 Å². The minimum atomic E-state index is -0.458. The van der Waals surface area contributed by atoms with Crippen LogP contribution in [0.25, 0.3) is 0 Å². The standard InChI is InChI=1S/C12H18BrNS.C12H18N2O.C12H19NS/c1-8(12(2,3)4)10(14)7-9-5-6-11(13)15-9;1-12(2,3)11(15)10(13)8-9-6-4-5-7-14-9;1-9(12(2,3)4)11(13)8-10-6-5-7-14-10/h5-6,10H,1,7,14H2,2-4H3;4-7,10H,8,13H2,1-3H3;5-7,11H,1,8,13H2,2-4H3/t2*10-;11-/m111/s1. The van der Waals surface area contributed by atoms with Crippen LogP contribution >= 0.6 is 38.6 Å². The monoisotopic (exact) mass is 702 g/mol. The predicted molar refractivity (Wildman–Crippen MR) is 197 cm³/mol. The van der Waals surface area contributed by atoms with Crippen LogP contribution in [-0.4, -0.2) is 28.9 Å². The Morgan fingerprint density at radius 2 is 1.30 bits per heavy atom. The van der Waals surface area contributed by atoms with Gasteiger partial charge in [-0.3, -0.25) is 9.78 Å². The van der Waals surface area contributed by atoms with Crippen LogP contribution in [0.1, 0.15) is 77.8 Å². The number of Topliss-reactive ketones (excluding diaryl/α,β-unsaturated/α-hetero) is 1. The zero-order valence-electron chi connectivity index (χ0n) is 28.2. The third-order valence-corrected chi connectivity index (χ3v) is 9.65. The van der Waals surface area contributed by atoms with Crippen molar-refractivity contribution in [2.75, 3.05) is 0 Å². The maximum atomic E-state index is 11.8. The molecule has 0 aromatic carbocycles. The smallest absolute Gasteiger partial charge is 0.155 e. The molecular formula is C36H55BrN4OS2. The quantitative estimate of drug-likeness (QED) is 0.193. The fourth-order valence-electron chi connectivity index (χ4n) is 4.08. The number of pyridine rings is 1. The minimum Gasteiger partial charge on any atom is -0.324 e. The zero-order valence-corrected chi connectivity index (χ0v) is 31.5. The van der Waals surface area contributed by atoms with Crippen molar-refractivity contribution in [2.24, 2.45) is 33.4 Å². The van der Waals surface area contributed by atoms with E-state index in [2.05, 4.69) is 105 Å². The maximum Gasteiger partial charge on any atom is 0.155 e. The number of hydrogen-bond acceptors (Lipinski definition) is 7. The number of ketones is 1. The Balaban J connectivity index is 0.000000330. The first-order valence-electron chi connectivity index (χ1n) is 15.0. The van der Waals surface area contributed by atoms with Gasteiger partial charge in [0.1, 0.15) is 0 Å². The van der Waals surface area contributed by atoms with Crippen LogP contribution < -0.4 is 17.2 Å². The molecule has 0 amide bonds. The fraction of sp³-hybridized carbons (Fsp3) is 0.500. The summed E-state index contributed by atoms with van der Waals surface area (Å²) in [5, 5.41) is 2.09. The first-order chi connectivity index (χ1) is 20.1. The molecule has 0 bridgehead atoms. The number of nitrogens with zero attached hydrogens (tertiary/aromatic N) is 1. The lowest BCUT2D eigenvalue weighted by Gasteiger charge is -2.26. The van der Waals surface area contributed by atoms with E-state index in [4.69, 9.17) is 17.2 Å². The third kappa shape index (κ3) is 14.9. The van der Waals surface area contributed by atoms with Gasteiger partial charge >= 0.3 is 0 Å². The molecule has 0 fully saturated rings. The average molecular weight is 704 g/mol. The first-order valence-corrected chi connectivity index (χ1v) is 17.5. The highest BCUT2D eigenvalue weighted by molar-refractivity contribution is 9.11. The molecule has 8 heteroatoms. The van der Waals surface area contributed by atoms with Crippen molar-refractivity contribution in [2.45, 2.75) is 99.7 Å². The van der Waals surface area contributed by atoms with Gasteiger partial charge in [-0.1, -0.05) is 98.8 Å². The number of hydrogen-bond donors (Lipinski definition) is 3. The topological polar surface area (TPSA) is 108 Å². The number of aromatic nitrogens is 1. The second kappa shape index (κ2) is 17.7. The highest BCUT2D eigenvalue weighted by Crippen LogP contribution is 2.30. The van der Waals surface area contributed by atoms with Crippen LogP contribution in [0, 0.1) is 16.2 Å². The van der Waals surface area contributed by atoms with Gasteiger partial charge in [-0.05, 0) is 62.5 Å².